The number of fused-ring (bicyclic) bond motifs is 1. The third-order valence-corrected chi connectivity index (χ3v) is 4.74. The molecular formula is C12H6ClIN6S. The summed E-state index contributed by atoms with van der Waals surface area (Å²) in [5.74, 6) is 0.113. The third-order valence-electron chi connectivity index (χ3n) is 2.84. The lowest BCUT2D eigenvalue weighted by molar-refractivity contribution is 1.17. The number of pyridine rings is 1. The van der Waals surface area contributed by atoms with Gasteiger partial charge in [-0.2, -0.15) is 5.26 Å². The maximum absolute atomic E-state index is 9.24. The van der Waals surface area contributed by atoms with Gasteiger partial charge >= 0.3 is 0 Å². The molecular weight excluding hydrogens is 423 g/mol. The molecule has 0 fully saturated rings. The van der Waals surface area contributed by atoms with Crippen LogP contribution in [0.4, 0.5) is 5.95 Å². The van der Waals surface area contributed by atoms with Crippen molar-refractivity contribution in [1.29, 1.82) is 5.26 Å². The number of hydrogen-bond acceptors (Lipinski definition) is 6. The largest absolute Gasteiger partial charge is 0.368 e. The zero-order valence-corrected chi connectivity index (χ0v) is 14.0. The molecule has 0 aliphatic heterocycles. The fourth-order valence-electron chi connectivity index (χ4n) is 1.98. The topological polar surface area (TPSA) is 93.4 Å². The zero-order valence-electron chi connectivity index (χ0n) is 10.3. The van der Waals surface area contributed by atoms with Crippen molar-refractivity contribution in [3.05, 3.63) is 35.2 Å². The van der Waals surface area contributed by atoms with Crippen molar-refractivity contribution >= 4 is 58.9 Å². The first-order chi connectivity index (χ1) is 10.1. The Morgan fingerprint density at radius 3 is 2.90 bits per heavy atom. The highest BCUT2D eigenvalue weighted by molar-refractivity contribution is 14.2. The van der Waals surface area contributed by atoms with Gasteiger partial charge in [-0.15, -0.1) is 0 Å². The van der Waals surface area contributed by atoms with Gasteiger partial charge in [0, 0.05) is 53.7 Å². The summed E-state index contributed by atoms with van der Waals surface area (Å²) in [6, 6.07) is 3.87. The van der Waals surface area contributed by atoms with Gasteiger partial charge < -0.3 is 5.73 Å². The van der Waals surface area contributed by atoms with Crippen LogP contribution in [0.15, 0.2) is 24.7 Å². The fraction of sp³-hybridized carbons (Fsp3) is 0. The van der Waals surface area contributed by atoms with Crippen LogP contribution in [0.2, 0.25) is 5.02 Å². The van der Waals surface area contributed by atoms with Crippen molar-refractivity contribution in [2.45, 2.75) is 0 Å². The standard InChI is InChI=1S/C12H6ClIN6S/c13-7-1-8-9(5-20(21-14)11(8)17-4-7)10-6(2-15)3-18-12(16)19-10/h1,3-5H,(H2,16,18,19). The minimum Gasteiger partial charge on any atom is -0.368 e. The quantitative estimate of drug-likeness (QED) is 0.628. The van der Waals surface area contributed by atoms with Crippen LogP contribution in [0.5, 0.6) is 0 Å². The van der Waals surface area contributed by atoms with E-state index in [1.165, 1.54) is 15.3 Å². The molecule has 3 aromatic rings. The van der Waals surface area contributed by atoms with Gasteiger partial charge in [-0.25, -0.2) is 15.0 Å². The van der Waals surface area contributed by atoms with Crippen LogP contribution in [0, 0.1) is 11.3 Å². The Hall–Kier alpha value is -1.57. The van der Waals surface area contributed by atoms with Gasteiger partial charge in [0.25, 0.3) is 0 Å². The summed E-state index contributed by atoms with van der Waals surface area (Å²) in [6.07, 6.45) is 4.85. The minimum atomic E-state index is 0.113. The molecule has 104 valence electrons. The Morgan fingerprint density at radius 1 is 1.38 bits per heavy atom. The Labute approximate surface area is 141 Å². The van der Waals surface area contributed by atoms with Gasteiger partial charge in [0.1, 0.15) is 6.07 Å². The van der Waals surface area contributed by atoms with E-state index >= 15 is 0 Å². The van der Waals surface area contributed by atoms with E-state index in [0.29, 0.717) is 16.3 Å². The lowest BCUT2D eigenvalue weighted by Gasteiger charge is -2.02. The number of halogens is 2. The van der Waals surface area contributed by atoms with E-state index in [-0.39, 0.29) is 5.95 Å². The van der Waals surface area contributed by atoms with Crippen LogP contribution in [-0.4, -0.2) is 18.9 Å². The Balaban J connectivity index is 2.38. The van der Waals surface area contributed by atoms with E-state index in [0.717, 1.165) is 16.6 Å². The second kappa shape index (κ2) is 5.67. The molecule has 3 rings (SSSR count). The van der Waals surface area contributed by atoms with Gasteiger partial charge in [0.05, 0.1) is 22.5 Å². The molecule has 0 aromatic carbocycles. The minimum absolute atomic E-state index is 0.113. The molecule has 3 heterocycles. The Morgan fingerprint density at radius 2 is 2.19 bits per heavy atom. The van der Waals surface area contributed by atoms with E-state index in [9.17, 15) is 5.26 Å². The van der Waals surface area contributed by atoms with Crippen molar-refractivity contribution in [1.82, 2.24) is 18.9 Å². The smallest absolute Gasteiger partial charge is 0.220 e. The highest BCUT2D eigenvalue weighted by Crippen LogP contribution is 2.35. The molecule has 0 radical (unpaired) electrons. The van der Waals surface area contributed by atoms with Crippen LogP contribution in [0.1, 0.15) is 5.56 Å². The number of aromatic nitrogens is 4. The van der Waals surface area contributed by atoms with E-state index in [2.05, 4.69) is 42.2 Å². The number of nitrogen functional groups attached to an aromatic ring is 1. The third kappa shape index (κ3) is 2.52. The second-order valence-corrected chi connectivity index (χ2v) is 6.21. The first-order valence-corrected chi connectivity index (χ1v) is 9.32. The fourth-order valence-corrected chi connectivity index (χ4v) is 3.39. The Kier molecular flexibility index (Phi) is 3.88. The maximum Gasteiger partial charge on any atom is 0.220 e. The number of nitrogens with zero attached hydrogens (tertiary/aromatic N) is 5. The molecule has 6 nitrogen and oxygen atoms in total. The molecule has 0 atom stereocenters. The van der Waals surface area contributed by atoms with Crippen LogP contribution in [-0.2, 0) is 0 Å². The van der Waals surface area contributed by atoms with E-state index in [1.807, 2.05) is 10.2 Å². The monoisotopic (exact) mass is 428 g/mol. The highest BCUT2D eigenvalue weighted by atomic mass is 127. The number of hydrogen-bond donors (Lipinski definition) is 1. The van der Waals surface area contributed by atoms with Crippen molar-refractivity contribution < 1.29 is 0 Å². The van der Waals surface area contributed by atoms with E-state index in [1.54, 1.807) is 12.3 Å². The number of anilines is 1. The van der Waals surface area contributed by atoms with Crippen LogP contribution < -0.4 is 5.73 Å². The van der Waals surface area contributed by atoms with Gasteiger partial charge in [-0.3, -0.25) is 3.97 Å². The molecule has 0 saturated carbocycles. The predicted molar refractivity (Wildman–Crippen MR) is 91.9 cm³/mol. The van der Waals surface area contributed by atoms with Gasteiger partial charge in [0.2, 0.25) is 5.95 Å². The number of rotatable bonds is 2. The second-order valence-electron chi connectivity index (χ2n) is 4.06. The first kappa shape index (κ1) is 14.4. The summed E-state index contributed by atoms with van der Waals surface area (Å²) in [7, 11) is 1.46. The summed E-state index contributed by atoms with van der Waals surface area (Å²) in [5, 5.41) is 10.6. The van der Waals surface area contributed by atoms with Gasteiger partial charge in [-0.1, -0.05) is 11.6 Å². The van der Waals surface area contributed by atoms with Crippen LogP contribution in [0.25, 0.3) is 22.3 Å². The lowest BCUT2D eigenvalue weighted by atomic mass is 10.1. The molecule has 0 saturated heterocycles. The average molecular weight is 429 g/mol. The van der Waals surface area contributed by atoms with E-state index in [4.69, 9.17) is 17.3 Å². The summed E-state index contributed by atoms with van der Waals surface area (Å²) < 4.78 is 1.88. The normalized spacial score (nSPS) is 10.7. The molecule has 0 bridgehead atoms. The summed E-state index contributed by atoms with van der Waals surface area (Å²) >= 11 is 8.18. The molecule has 2 N–H and O–H groups in total. The predicted octanol–water partition coefficient (Wildman–Crippen LogP) is 3.45. The first-order valence-electron chi connectivity index (χ1n) is 5.62. The van der Waals surface area contributed by atoms with E-state index < -0.39 is 0 Å². The number of nitrogens with two attached hydrogens (primary N) is 1. The lowest BCUT2D eigenvalue weighted by Crippen LogP contribution is -1.98. The van der Waals surface area contributed by atoms with Crippen molar-refractivity contribution in [2.75, 3.05) is 5.73 Å². The summed E-state index contributed by atoms with van der Waals surface area (Å²) in [5.41, 5.74) is 7.96. The zero-order chi connectivity index (χ0) is 15.0. The average Bonchev–Trinajstić information content (AvgIpc) is 2.84. The van der Waals surface area contributed by atoms with Crippen molar-refractivity contribution in [3.63, 3.8) is 0 Å². The summed E-state index contributed by atoms with van der Waals surface area (Å²) in [6.45, 7) is 0. The Bertz CT molecular complexity index is 887. The van der Waals surface area contributed by atoms with Gasteiger partial charge in [0.15, 0.2) is 5.65 Å². The van der Waals surface area contributed by atoms with Crippen molar-refractivity contribution in [2.24, 2.45) is 0 Å². The van der Waals surface area contributed by atoms with Crippen LogP contribution in [0.3, 0.4) is 0 Å². The molecule has 0 aliphatic rings. The van der Waals surface area contributed by atoms with Gasteiger partial charge in [-0.05, 0) is 6.07 Å². The molecule has 0 amide bonds. The SMILES string of the molecule is N#Cc1cnc(N)nc1-c1cn(SI)c2ncc(Cl)cc12. The molecule has 9 heteroatoms. The van der Waals surface area contributed by atoms with Crippen LogP contribution >= 0.6 is 41.9 Å². The summed E-state index contributed by atoms with van der Waals surface area (Å²) in [4.78, 5) is 12.4. The molecule has 0 spiro atoms. The molecule has 0 aliphatic carbocycles. The number of nitriles is 1. The maximum atomic E-state index is 9.24. The van der Waals surface area contributed by atoms with Crippen molar-refractivity contribution in [3.8, 4) is 17.3 Å². The molecule has 0 unspecified atom stereocenters. The molecule has 21 heavy (non-hydrogen) atoms. The molecule has 3 aromatic heterocycles. The highest BCUT2D eigenvalue weighted by Gasteiger charge is 2.17.